The van der Waals surface area contributed by atoms with Gasteiger partial charge in [-0.2, -0.15) is 0 Å². The number of fused-ring (bicyclic) bond motifs is 1. The van der Waals surface area contributed by atoms with E-state index in [1.807, 2.05) is 0 Å². The third kappa shape index (κ3) is 4.38. The first-order valence-corrected chi connectivity index (χ1v) is 10.8. The maximum Gasteiger partial charge on any atom is 0.255 e. The van der Waals surface area contributed by atoms with Gasteiger partial charge in [0.2, 0.25) is 17.7 Å². The molecule has 2 unspecified atom stereocenters. The molecule has 0 bridgehead atoms. The van der Waals surface area contributed by atoms with Crippen molar-refractivity contribution in [3.63, 3.8) is 0 Å². The van der Waals surface area contributed by atoms with Gasteiger partial charge in [-0.3, -0.25) is 24.5 Å². The Morgan fingerprint density at radius 3 is 2.74 bits per heavy atom. The van der Waals surface area contributed by atoms with Crippen LogP contribution in [-0.2, 0) is 38.7 Å². The summed E-state index contributed by atoms with van der Waals surface area (Å²) in [5.74, 6) is -1.78. The highest BCUT2D eigenvalue weighted by Gasteiger charge is 2.40. The second-order valence-electron chi connectivity index (χ2n) is 8.10. The Morgan fingerprint density at radius 1 is 1.15 bits per heavy atom. The van der Waals surface area contributed by atoms with Gasteiger partial charge in [0.05, 0.1) is 20.0 Å². The van der Waals surface area contributed by atoms with Crippen LogP contribution in [0.2, 0.25) is 0 Å². The molecule has 2 atom stereocenters. The molecule has 3 aliphatic rings. The van der Waals surface area contributed by atoms with Gasteiger partial charge in [0.25, 0.3) is 5.91 Å². The van der Waals surface area contributed by atoms with Crippen LogP contribution >= 0.6 is 0 Å². The molecular weight excluding hydrogens is 438 g/mol. The van der Waals surface area contributed by atoms with Gasteiger partial charge in [-0.05, 0) is 29.7 Å². The van der Waals surface area contributed by atoms with Crippen molar-refractivity contribution in [2.75, 3.05) is 19.8 Å². The average Bonchev–Trinajstić information content (AvgIpc) is 3.21. The maximum atomic E-state index is 13.1. The van der Waals surface area contributed by atoms with E-state index in [1.54, 1.807) is 6.07 Å². The van der Waals surface area contributed by atoms with Crippen LogP contribution in [0.4, 0.5) is 0 Å². The molecule has 0 saturated carbocycles. The van der Waals surface area contributed by atoms with Crippen molar-refractivity contribution in [2.24, 2.45) is 0 Å². The van der Waals surface area contributed by atoms with Crippen molar-refractivity contribution in [2.45, 2.75) is 38.5 Å². The molecule has 0 aliphatic carbocycles. The molecule has 2 aromatic rings. The zero-order chi connectivity index (χ0) is 28.1. The number of hydrogen-bond acceptors (Lipinski definition) is 6. The van der Waals surface area contributed by atoms with Crippen molar-refractivity contribution < 1.29 is 35.5 Å². The van der Waals surface area contributed by atoms with Crippen molar-refractivity contribution in [3.8, 4) is 5.75 Å². The number of amides is 4. The third-order valence-electron chi connectivity index (χ3n) is 5.89. The minimum Gasteiger partial charge on any atom is -0.489 e. The number of hydrogen-bond donors (Lipinski definition) is 1. The third-order valence-corrected chi connectivity index (χ3v) is 5.89. The summed E-state index contributed by atoms with van der Waals surface area (Å²) in [7, 11) is 0. The van der Waals surface area contributed by atoms with E-state index in [-0.39, 0.29) is 73.7 Å². The molecule has 176 valence electrons. The maximum absolute atomic E-state index is 13.1. The number of nitrogens with one attached hydrogen (secondary N) is 1. The lowest BCUT2D eigenvalue weighted by atomic mass is 10.0. The van der Waals surface area contributed by atoms with Crippen molar-refractivity contribution in [1.82, 2.24) is 15.1 Å². The molecule has 2 fully saturated rings. The van der Waals surface area contributed by atoms with E-state index in [9.17, 15) is 19.2 Å². The van der Waals surface area contributed by atoms with Gasteiger partial charge in [-0.15, -0.1) is 0 Å². The van der Waals surface area contributed by atoms with Gasteiger partial charge in [0, 0.05) is 30.6 Å². The minimum absolute atomic E-state index is 0.0207. The Bertz CT molecular complexity index is 1360. The van der Waals surface area contributed by atoms with E-state index in [0.29, 0.717) is 5.56 Å². The fraction of sp³-hybridized carbons (Fsp3) is 0.360. The summed E-state index contributed by atoms with van der Waals surface area (Å²) >= 11 is 0. The monoisotopic (exact) mass is 468 g/mol. The minimum atomic E-state index is -2.53. The lowest BCUT2D eigenvalue weighted by Gasteiger charge is -2.29. The van der Waals surface area contributed by atoms with E-state index in [1.165, 1.54) is 21.9 Å². The number of morpholine rings is 1. The number of carbonyl (C=O) groups is 4. The highest BCUT2D eigenvalue weighted by Crippen LogP contribution is 2.34. The summed E-state index contributed by atoms with van der Waals surface area (Å²) in [4.78, 5) is 51.6. The van der Waals surface area contributed by atoms with Crippen molar-refractivity contribution >= 4 is 23.6 Å². The SMILES string of the molecule is [2H]c1cc(C([2H])([2H])Oc2cccc3c2CN(C2CCC(=O)NC2=O)C3=O)cc([2H])c1C([2H])N1CCOCC1=O. The number of rotatable bonds is 6. The molecule has 5 rings (SSSR count). The molecule has 1 N–H and O–H groups in total. The van der Waals surface area contributed by atoms with Crippen LogP contribution in [0.5, 0.6) is 5.75 Å². The number of ether oxygens (including phenoxy) is 2. The number of imide groups is 1. The van der Waals surface area contributed by atoms with E-state index >= 15 is 0 Å². The van der Waals surface area contributed by atoms with Gasteiger partial charge in [-0.25, -0.2) is 0 Å². The first-order chi connectivity index (χ1) is 18.5. The van der Waals surface area contributed by atoms with Crippen LogP contribution in [-0.4, -0.2) is 59.2 Å². The lowest BCUT2D eigenvalue weighted by Crippen LogP contribution is -2.52. The van der Waals surface area contributed by atoms with Crippen LogP contribution in [0.15, 0.2) is 42.4 Å². The number of carbonyl (C=O) groups excluding carboxylic acids is 4. The fourth-order valence-corrected chi connectivity index (χ4v) is 4.12. The summed E-state index contributed by atoms with van der Waals surface area (Å²) in [6.07, 6.45) is 0.279. The van der Waals surface area contributed by atoms with Gasteiger partial charge in [0.1, 0.15) is 25.0 Å². The molecule has 3 heterocycles. The lowest BCUT2D eigenvalue weighted by molar-refractivity contribution is -0.143. The summed E-state index contributed by atoms with van der Waals surface area (Å²) < 4.78 is 53.2. The molecule has 0 spiro atoms. The summed E-state index contributed by atoms with van der Waals surface area (Å²) in [5.41, 5.74) is 0.432. The van der Waals surface area contributed by atoms with Gasteiger partial charge < -0.3 is 19.3 Å². The number of benzene rings is 2. The highest BCUT2D eigenvalue weighted by atomic mass is 16.5. The Balaban J connectivity index is 1.39. The Kier molecular flexibility index (Phi) is 4.58. The fourth-order valence-electron chi connectivity index (χ4n) is 4.12. The smallest absolute Gasteiger partial charge is 0.255 e. The zero-order valence-corrected chi connectivity index (χ0v) is 18.1. The second-order valence-corrected chi connectivity index (χ2v) is 8.10. The standard InChI is InChI=1S/C25H25N3O6/c29-22-9-8-20(24(31)26-22)28-13-19-18(25(28)32)2-1-3-21(19)34-14-17-6-4-16(5-7-17)12-27-10-11-33-15-23(27)30/h1-7,20H,8-15H2,(H,26,29,31)/i4D,5D,12D,14D2. The molecule has 3 aliphatic heterocycles. The molecular formula is C25H25N3O6. The zero-order valence-electron chi connectivity index (χ0n) is 23.1. The number of nitrogens with zero attached hydrogens (tertiary/aromatic N) is 2. The number of piperidine rings is 1. The van der Waals surface area contributed by atoms with Gasteiger partial charge >= 0.3 is 0 Å². The van der Waals surface area contributed by atoms with E-state index in [0.717, 1.165) is 12.1 Å². The molecule has 2 saturated heterocycles. The molecule has 34 heavy (non-hydrogen) atoms. The molecule has 9 heteroatoms. The van der Waals surface area contributed by atoms with Gasteiger partial charge in [-0.1, -0.05) is 30.3 Å². The van der Waals surface area contributed by atoms with E-state index in [2.05, 4.69) is 5.32 Å². The average molecular weight is 469 g/mol. The first kappa shape index (κ1) is 16.8. The van der Waals surface area contributed by atoms with E-state index < -0.39 is 42.8 Å². The molecule has 0 radical (unpaired) electrons. The van der Waals surface area contributed by atoms with Crippen LogP contribution in [0.3, 0.4) is 0 Å². The largest absolute Gasteiger partial charge is 0.489 e. The molecule has 4 amide bonds. The first-order valence-electron chi connectivity index (χ1n) is 13.4. The highest BCUT2D eigenvalue weighted by molar-refractivity contribution is 6.05. The summed E-state index contributed by atoms with van der Waals surface area (Å²) in [5, 5.41) is 2.23. The summed E-state index contributed by atoms with van der Waals surface area (Å²) in [6.45, 7) is -3.67. The van der Waals surface area contributed by atoms with Crippen LogP contribution in [0.25, 0.3) is 0 Å². The summed E-state index contributed by atoms with van der Waals surface area (Å²) in [6, 6.07) is 5.45. The van der Waals surface area contributed by atoms with Crippen LogP contribution in [0.1, 0.15) is 46.7 Å². The van der Waals surface area contributed by atoms with Crippen LogP contribution in [0, 0.1) is 0 Å². The molecule has 2 aromatic carbocycles. The predicted octanol–water partition coefficient (Wildman–Crippen LogP) is 1.39. The van der Waals surface area contributed by atoms with E-state index in [4.69, 9.17) is 16.3 Å². The van der Waals surface area contributed by atoms with Gasteiger partial charge in [0.15, 0.2) is 0 Å². The Labute approximate surface area is 203 Å². The molecule has 0 aromatic heterocycles. The topological polar surface area (TPSA) is 105 Å². The molecule has 9 nitrogen and oxygen atoms in total. The van der Waals surface area contributed by atoms with Crippen LogP contribution < -0.4 is 10.1 Å². The Hall–Kier alpha value is -3.72. The van der Waals surface area contributed by atoms with Crippen molar-refractivity contribution in [3.05, 3.63) is 64.7 Å². The quantitative estimate of drug-likeness (QED) is 0.643. The predicted molar refractivity (Wildman–Crippen MR) is 119 cm³/mol. The normalized spacial score (nSPS) is 23.9. The Morgan fingerprint density at radius 2 is 1.97 bits per heavy atom. The van der Waals surface area contributed by atoms with Crippen molar-refractivity contribution in [1.29, 1.82) is 0 Å². The second kappa shape index (κ2) is 9.26.